The molecule has 3 heterocycles. The highest BCUT2D eigenvalue weighted by molar-refractivity contribution is 6.01. The molecule has 2 bridgehead atoms. The highest BCUT2D eigenvalue weighted by atomic mass is 19.1. The number of fused-ring (bicyclic) bond motifs is 3. The van der Waals surface area contributed by atoms with Gasteiger partial charge in [-0.05, 0) is 30.7 Å². The second kappa shape index (κ2) is 4.44. The fourth-order valence-electron chi connectivity index (χ4n) is 2.95. The van der Waals surface area contributed by atoms with E-state index in [9.17, 15) is 9.18 Å². The van der Waals surface area contributed by atoms with Gasteiger partial charge in [0.25, 0.3) is 0 Å². The summed E-state index contributed by atoms with van der Waals surface area (Å²) < 4.78 is 13.1. The van der Waals surface area contributed by atoms with Crippen LogP contribution < -0.4 is 0 Å². The predicted molar refractivity (Wildman–Crippen MR) is 67.3 cm³/mol. The summed E-state index contributed by atoms with van der Waals surface area (Å²) in [5.41, 5.74) is 1.40. The Morgan fingerprint density at radius 2 is 2.00 bits per heavy atom. The average molecular weight is 248 g/mol. The molecule has 0 N–H and O–H groups in total. The maximum Gasteiger partial charge on any atom is 0.181 e. The van der Waals surface area contributed by atoms with Gasteiger partial charge in [0, 0.05) is 38.3 Å². The van der Waals surface area contributed by atoms with Crippen LogP contribution in [0.2, 0.25) is 0 Å². The van der Waals surface area contributed by atoms with Crippen LogP contribution in [0.15, 0.2) is 18.2 Å². The average Bonchev–Trinajstić information content (AvgIpc) is 2.39. The Bertz CT molecular complexity index is 481. The number of hydrogen-bond donors (Lipinski definition) is 0. The molecule has 1 aromatic carbocycles. The van der Waals surface area contributed by atoms with Gasteiger partial charge in [-0.1, -0.05) is 0 Å². The summed E-state index contributed by atoms with van der Waals surface area (Å²) >= 11 is 0. The molecule has 0 saturated carbocycles. The predicted octanol–water partition coefficient (Wildman–Crippen LogP) is 1.32. The fraction of sp³-hybridized carbons (Fsp3) is 0.500. The Balaban J connectivity index is 1.86. The highest BCUT2D eigenvalue weighted by Gasteiger charge is 2.36. The third kappa shape index (κ3) is 1.95. The summed E-state index contributed by atoms with van der Waals surface area (Å²) in [4.78, 5) is 17.1. The number of carbonyl (C=O) groups is 1. The van der Waals surface area contributed by atoms with Crippen LogP contribution in [0.1, 0.15) is 15.9 Å². The molecule has 1 aromatic rings. The van der Waals surface area contributed by atoms with Gasteiger partial charge in [0.15, 0.2) is 5.78 Å². The Kier molecular flexibility index (Phi) is 2.92. The number of nitrogens with zero attached hydrogens (tertiary/aromatic N) is 2. The quantitative estimate of drug-likeness (QED) is 0.737. The van der Waals surface area contributed by atoms with Crippen molar-refractivity contribution in [2.75, 3.05) is 32.7 Å². The molecule has 4 rings (SSSR count). The lowest BCUT2D eigenvalue weighted by molar-refractivity contribution is 0.0159. The van der Waals surface area contributed by atoms with E-state index in [-0.39, 0.29) is 17.6 Å². The summed E-state index contributed by atoms with van der Waals surface area (Å²) in [6.07, 6.45) is 0. The second-order valence-electron chi connectivity index (χ2n) is 5.18. The Morgan fingerprint density at radius 1 is 1.28 bits per heavy atom. The molecule has 1 unspecified atom stereocenters. The molecule has 0 aliphatic carbocycles. The zero-order chi connectivity index (χ0) is 12.7. The zero-order valence-electron chi connectivity index (χ0n) is 10.5. The topological polar surface area (TPSA) is 23.6 Å². The van der Waals surface area contributed by atoms with E-state index in [1.807, 2.05) is 0 Å². The molecule has 3 fully saturated rings. The molecule has 1 atom stereocenters. The molecule has 0 spiro atoms. The largest absolute Gasteiger partial charge is 0.299 e. The van der Waals surface area contributed by atoms with Gasteiger partial charge in [-0.25, -0.2) is 4.39 Å². The van der Waals surface area contributed by atoms with Gasteiger partial charge in [-0.2, -0.15) is 0 Å². The van der Waals surface area contributed by atoms with Crippen molar-refractivity contribution >= 4 is 5.78 Å². The van der Waals surface area contributed by atoms with E-state index in [2.05, 4.69) is 9.80 Å². The maximum absolute atomic E-state index is 13.1. The molecule has 3 aliphatic rings. The number of carbonyl (C=O) groups excluding carboxylic acids is 1. The highest BCUT2D eigenvalue weighted by Crippen LogP contribution is 2.21. The maximum atomic E-state index is 13.1. The number of piperazine rings is 3. The molecule has 0 aromatic heterocycles. The normalized spacial score (nSPS) is 30.4. The Labute approximate surface area is 106 Å². The molecule has 18 heavy (non-hydrogen) atoms. The standard InChI is InChI=1S/C14H17FN2O/c1-10-8-11(15)2-3-12(10)14(18)13-9-16-4-6-17(13)7-5-16/h2-3,8,13H,4-7,9H2,1H3. The number of Topliss-reactive ketones (excluding diaryl/α,β-unsaturated/α-hetero) is 1. The molecule has 0 amide bonds. The summed E-state index contributed by atoms with van der Waals surface area (Å²) in [5.74, 6) is -0.143. The minimum absolute atomic E-state index is 0.0448. The smallest absolute Gasteiger partial charge is 0.181 e. The van der Waals surface area contributed by atoms with E-state index >= 15 is 0 Å². The third-order valence-corrected chi connectivity index (χ3v) is 4.04. The SMILES string of the molecule is Cc1cc(F)ccc1C(=O)C1CN2CCN1CC2. The van der Waals surface area contributed by atoms with Crippen molar-refractivity contribution in [3.8, 4) is 0 Å². The van der Waals surface area contributed by atoms with E-state index in [1.165, 1.54) is 12.1 Å². The van der Waals surface area contributed by atoms with Crippen molar-refractivity contribution in [3.63, 3.8) is 0 Å². The van der Waals surface area contributed by atoms with Crippen LogP contribution >= 0.6 is 0 Å². The number of rotatable bonds is 2. The first kappa shape index (κ1) is 11.8. The van der Waals surface area contributed by atoms with Gasteiger partial charge in [0.2, 0.25) is 0 Å². The fourth-order valence-corrected chi connectivity index (χ4v) is 2.95. The molecular weight excluding hydrogens is 231 g/mol. The summed E-state index contributed by atoms with van der Waals surface area (Å²) in [6.45, 7) is 6.67. The van der Waals surface area contributed by atoms with Crippen LogP contribution in [-0.4, -0.2) is 54.3 Å². The lowest BCUT2D eigenvalue weighted by Crippen LogP contribution is -2.63. The minimum Gasteiger partial charge on any atom is -0.299 e. The molecule has 0 radical (unpaired) electrons. The van der Waals surface area contributed by atoms with Crippen molar-refractivity contribution in [2.24, 2.45) is 0 Å². The molecule has 3 nitrogen and oxygen atoms in total. The molecule has 3 aliphatic heterocycles. The van der Waals surface area contributed by atoms with Gasteiger partial charge < -0.3 is 0 Å². The number of hydrogen-bond acceptors (Lipinski definition) is 3. The number of halogens is 1. The van der Waals surface area contributed by atoms with Crippen molar-refractivity contribution in [2.45, 2.75) is 13.0 Å². The van der Waals surface area contributed by atoms with Gasteiger partial charge in [0.1, 0.15) is 5.82 Å². The number of aryl methyl sites for hydroxylation is 1. The van der Waals surface area contributed by atoms with Crippen molar-refractivity contribution in [3.05, 3.63) is 35.1 Å². The lowest BCUT2D eigenvalue weighted by Gasteiger charge is -2.46. The van der Waals surface area contributed by atoms with E-state index < -0.39 is 0 Å². The van der Waals surface area contributed by atoms with Crippen LogP contribution in [-0.2, 0) is 0 Å². The van der Waals surface area contributed by atoms with E-state index in [0.29, 0.717) is 5.56 Å². The third-order valence-electron chi connectivity index (χ3n) is 4.04. The first-order valence-corrected chi connectivity index (χ1v) is 6.42. The monoisotopic (exact) mass is 248 g/mol. The van der Waals surface area contributed by atoms with Crippen molar-refractivity contribution in [1.82, 2.24) is 9.80 Å². The molecule has 4 heteroatoms. The second-order valence-corrected chi connectivity index (χ2v) is 5.18. The van der Waals surface area contributed by atoms with Gasteiger partial charge in [-0.3, -0.25) is 14.6 Å². The van der Waals surface area contributed by atoms with Gasteiger partial charge in [0.05, 0.1) is 6.04 Å². The number of benzene rings is 1. The van der Waals surface area contributed by atoms with Gasteiger partial charge >= 0.3 is 0 Å². The van der Waals surface area contributed by atoms with E-state index in [4.69, 9.17) is 0 Å². The van der Waals surface area contributed by atoms with Crippen molar-refractivity contribution in [1.29, 1.82) is 0 Å². The Hall–Kier alpha value is -1.26. The molecule has 3 saturated heterocycles. The van der Waals surface area contributed by atoms with Gasteiger partial charge in [-0.15, -0.1) is 0 Å². The summed E-state index contributed by atoms with van der Waals surface area (Å²) in [6, 6.07) is 4.38. The van der Waals surface area contributed by atoms with E-state index in [1.54, 1.807) is 13.0 Å². The van der Waals surface area contributed by atoms with Crippen LogP contribution in [0.4, 0.5) is 4.39 Å². The van der Waals surface area contributed by atoms with Crippen molar-refractivity contribution < 1.29 is 9.18 Å². The molecular formula is C14H17FN2O. The summed E-state index contributed by atoms with van der Waals surface area (Å²) in [7, 11) is 0. The van der Waals surface area contributed by atoms with E-state index in [0.717, 1.165) is 38.3 Å². The zero-order valence-corrected chi connectivity index (χ0v) is 10.5. The van der Waals surface area contributed by atoms with Crippen LogP contribution in [0.5, 0.6) is 0 Å². The Morgan fingerprint density at radius 3 is 2.56 bits per heavy atom. The van der Waals surface area contributed by atoms with Crippen LogP contribution in [0, 0.1) is 12.7 Å². The van der Waals surface area contributed by atoms with Crippen LogP contribution in [0.3, 0.4) is 0 Å². The lowest BCUT2D eigenvalue weighted by atomic mass is 9.95. The minimum atomic E-state index is -0.279. The molecule has 96 valence electrons. The number of ketones is 1. The van der Waals surface area contributed by atoms with Crippen LogP contribution in [0.25, 0.3) is 0 Å². The first-order chi connectivity index (χ1) is 8.65. The summed E-state index contributed by atoms with van der Waals surface area (Å²) in [5, 5.41) is 0. The first-order valence-electron chi connectivity index (χ1n) is 6.42.